The van der Waals surface area contributed by atoms with Gasteiger partial charge in [-0.3, -0.25) is 4.79 Å². The van der Waals surface area contributed by atoms with E-state index in [0.29, 0.717) is 5.56 Å². The maximum Gasteiger partial charge on any atom is 0.339 e. The zero-order chi connectivity index (χ0) is 21.0. The highest BCUT2D eigenvalue weighted by molar-refractivity contribution is 9.10. The molecule has 0 bridgehead atoms. The van der Waals surface area contributed by atoms with Crippen molar-refractivity contribution in [1.82, 2.24) is 9.78 Å². The topological polar surface area (TPSA) is 99.5 Å². The predicted molar refractivity (Wildman–Crippen MR) is 108 cm³/mol. The van der Waals surface area contributed by atoms with Crippen LogP contribution in [0, 0.1) is 0 Å². The zero-order valence-corrected chi connectivity index (χ0v) is 17.1. The molecule has 1 aromatic heterocycles. The SMILES string of the molecule is COC(=O)c1ccc(C(=O)OC)c(NC(=O)c2ccc(-n3cc(Br)cn3)cc2)c1. The molecule has 1 N–H and O–H groups in total. The monoisotopic (exact) mass is 457 g/mol. The van der Waals surface area contributed by atoms with Gasteiger partial charge in [-0.05, 0) is 58.4 Å². The molecule has 0 aliphatic rings. The summed E-state index contributed by atoms with van der Waals surface area (Å²) in [6.45, 7) is 0. The third-order valence-electron chi connectivity index (χ3n) is 4.04. The van der Waals surface area contributed by atoms with Crippen LogP contribution in [0.3, 0.4) is 0 Å². The summed E-state index contributed by atoms with van der Waals surface area (Å²) in [6, 6.07) is 10.9. The van der Waals surface area contributed by atoms with Gasteiger partial charge in [-0.2, -0.15) is 5.10 Å². The Balaban J connectivity index is 1.87. The number of anilines is 1. The molecule has 29 heavy (non-hydrogen) atoms. The molecule has 148 valence electrons. The number of amides is 1. The minimum atomic E-state index is -0.642. The van der Waals surface area contributed by atoms with Gasteiger partial charge in [0, 0.05) is 11.8 Å². The number of hydrogen-bond donors (Lipinski definition) is 1. The molecule has 0 atom stereocenters. The fourth-order valence-corrected chi connectivity index (χ4v) is 2.87. The number of nitrogens with zero attached hydrogens (tertiary/aromatic N) is 2. The average Bonchev–Trinajstić information content (AvgIpc) is 3.18. The number of nitrogens with one attached hydrogen (secondary N) is 1. The normalized spacial score (nSPS) is 10.3. The first-order valence-electron chi connectivity index (χ1n) is 8.35. The molecule has 1 amide bonds. The van der Waals surface area contributed by atoms with Crippen molar-refractivity contribution in [3.63, 3.8) is 0 Å². The van der Waals surface area contributed by atoms with Gasteiger partial charge in [-0.15, -0.1) is 0 Å². The van der Waals surface area contributed by atoms with Gasteiger partial charge in [0.1, 0.15) is 0 Å². The van der Waals surface area contributed by atoms with Crippen molar-refractivity contribution < 1.29 is 23.9 Å². The highest BCUT2D eigenvalue weighted by atomic mass is 79.9. The Morgan fingerprint density at radius 2 is 1.62 bits per heavy atom. The summed E-state index contributed by atoms with van der Waals surface area (Å²) >= 11 is 3.33. The molecule has 3 rings (SSSR count). The summed E-state index contributed by atoms with van der Waals surface area (Å²) in [4.78, 5) is 36.5. The van der Waals surface area contributed by atoms with Crippen molar-refractivity contribution in [2.45, 2.75) is 0 Å². The Hall–Kier alpha value is -3.46. The molecule has 0 unspecified atom stereocenters. The minimum Gasteiger partial charge on any atom is -0.465 e. The molecule has 8 nitrogen and oxygen atoms in total. The Morgan fingerprint density at radius 1 is 0.966 bits per heavy atom. The summed E-state index contributed by atoms with van der Waals surface area (Å²) in [5.41, 5.74) is 1.58. The zero-order valence-electron chi connectivity index (χ0n) is 15.5. The van der Waals surface area contributed by atoms with E-state index >= 15 is 0 Å². The number of methoxy groups -OCH3 is 2. The van der Waals surface area contributed by atoms with Crippen molar-refractivity contribution in [3.05, 3.63) is 76.0 Å². The van der Waals surface area contributed by atoms with Gasteiger partial charge in [-0.25, -0.2) is 14.3 Å². The van der Waals surface area contributed by atoms with Gasteiger partial charge in [0.05, 0.1) is 47.4 Å². The van der Waals surface area contributed by atoms with Gasteiger partial charge in [0.15, 0.2) is 0 Å². The smallest absolute Gasteiger partial charge is 0.339 e. The number of rotatable bonds is 5. The maximum absolute atomic E-state index is 12.7. The van der Waals surface area contributed by atoms with Crippen LogP contribution in [0.2, 0.25) is 0 Å². The number of esters is 2. The number of ether oxygens (including phenoxy) is 2. The number of carbonyl (C=O) groups excluding carboxylic acids is 3. The molecule has 0 saturated heterocycles. The number of aromatic nitrogens is 2. The van der Waals surface area contributed by atoms with Crippen molar-refractivity contribution >= 4 is 39.5 Å². The summed E-state index contributed by atoms with van der Waals surface area (Å²) in [5, 5.41) is 6.82. The molecule has 0 fully saturated rings. The predicted octanol–water partition coefficient (Wildman–Crippen LogP) is 3.46. The molecule has 0 aliphatic heterocycles. The number of benzene rings is 2. The first kappa shape index (κ1) is 20.3. The quantitative estimate of drug-likeness (QED) is 0.588. The van der Waals surface area contributed by atoms with Crippen LogP contribution in [0.4, 0.5) is 5.69 Å². The second-order valence-corrected chi connectivity index (χ2v) is 6.76. The van der Waals surface area contributed by atoms with Crippen LogP contribution in [0.25, 0.3) is 5.69 Å². The maximum atomic E-state index is 12.7. The average molecular weight is 458 g/mol. The number of halogens is 1. The van der Waals surface area contributed by atoms with Crippen molar-refractivity contribution in [2.75, 3.05) is 19.5 Å². The number of hydrogen-bond acceptors (Lipinski definition) is 6. The van der Waals surface area contributed by atoms with Gasteiger partial charge in [-0.1, -0.05) is 0 Å². The molecule has 1 heterocycles. The minimum absolute atomic E-state index is 0.117. The Labute approximate surface area is 174 Å². The van der Waals surface area contributed by atoms with E-state index < -0.39 is 17.8 Å². The van der Waals surface area contributed by atoms with Crippen LogP contribution >= 0.6 is 15.9 Å². The fraction of sp³-hybridized carbons (Fsp3) is 0.100. The highest BCUT2D eigenvalue weighted by Gasteiger charge is 2.18. The van der Waals surface area contributed by atoms with Crippen LogP contribution in [0.1, 0.15) is 31.1 Å². The van der Waals surface area contributed by atoms with Crippen LogP contribution in [0.5, 0.6) is 0 Å². The van der Waals surface area contributed by atoms with Gasteiger partial charge in [0.25, 0.3) is 5.91 Å². The number of carbonyl (C=O) groups is 3. The van der Waals surface area contributed by atoms with Crippen LogP contribution in [0.15, 0.2) is 59.3 Å². The van der Waals surface area contributed by atoms with E-state index in [0.717, 1.165) is 10.2 Å². The Kier molecular flexibility index (Phi) is 6.08. The molecular weight excluding hydrogens is 442 g/mol. The van der Waals surface area contributed by atoms with Crippen molar-refractivity contribution in [2.24, 2.45) is 0 Å². The summed E-state index contributed by atoms with van der Waals surface area (Å²) in [5.74, 6) is -1.69. The van der Waals surface area contributed by atoms with Crippen LogP contribution < -0.4 is 5.32 Å². The third kappa shape index (κ3) is 4.52. The fourth-order valence-electron chi connectivity index (χ4n) is 2.58. The molecule has 3 aromatic rings. The van der Waals surface area contributed by atoms with Gasteiger partial charge < -0.3 is 14.8 Å². The largest absolute Gasteiger partial charge is 0.465 e. The molecule has 0 radical (unpaired) electrons. The molecule has 0 aliphatic carbocycles. The van der Waals surface area contributed by atoms with Crippen LogP contribution in [-0.2, 0) is 9.47 Å². The Bertz CT molecular complexity index is 1080. The van der Waals surface area contributed by atoms with E-state index in [-0.39, 0.29) is 16.8 Å². The lowest BCUT2D eigenvalue weighted by Crippen LogP contribution is -2.16. The van der Waals surface area contributed by atoms with Crippen molar-refractivity contribution in [3.8, 4) is 5.69 Å². The van der Waals surface area contributed by atoms with Gasteiger partial charge in [0.2, 0.25) is 0 Å². The van der Waals surface area contributed by atoms with Crippen molar-refractivity contribution in [1.29, 1.82) is 0 Å². The molecular formula is C20H16BrN3O5. The third-order valence-corrected chi connectivity index (χ3v) is 4.45. The van der Waals surface area contributed by atoms with E-state index in [4.69, 9.17) is 4.74 Å². The second kappa shape index (κ2) is 8.70. The molecule has 2 aromatic carbocycles. The standard InChI is InChI=1S/C20H16BrN3O5/c1-28-19(26)13-5-8-16(20(27)29-2)17(9-13)23-18(25)12-3-6-15(7-4-12)24-11-14(21)10-22-24/h3-11H,1-2H3,(H,23,25). The first-order valence-corrected chi connectivity index (χ1v) is 9.15. The van der Waals surface area contributed by atoms with E-state index in [1.807, 2.05) is 0 Å². The van der Waals surface area contributed by atoms with E-state index in [1.165, 1.54) is 32.4 Å². The lowest BCUT2D eigenvalue weighted by Gasteiger charge is -2.12. The Morgan fingerprint density at radius 3 is 2.21 bits per heavy atom. The molecule has 0 spiro atoms. The van der Waals surface area contributed by atoms with Crippen LogP contribution in [-0.4, -0.2) is 41.8 Å². The van der Waals surface area contributed by atoms with E-state index in [1.54, 1.807) is 41.3 Å². The first-order chi connectivity index (χ1) is 13.9. The summed E-state index contributed by atoms with van der Waals surface area (Å²) < 4.78 is 11.9. The lowest BCUT2D eigenvalue weighted by molar-refractivity contribution is 0.0587. The van der Waals surface area contributed by atoms with E-state index in [9.17, 15) is 14.4 Å². The molecule has 9 heteroatoms. The summed E-state index contributed by atoms with van der Waals surface area (Å²) in [6.07, 6.45) is 3.44. The lowest BCUT2D eigenvalue weighted by atomic mass is 10.1. The van der Waals surface area contributed by atoms with E-state index in [2.05, 4.69) is 31.1 Å². The molecule has 0 saturated carbocycles. The summed E-state index contributed by atoms with van der Waals surface area (Å²) in [7, 11) is 2.48. The van der Waals surface area contributed by atoms with Gasteiger partial charge >= 0.3 is 11.9 Å². The highest BCUT2D eigenvalue weighted by Crippen LogP contribution is 2.21. The second-order valence-electron chi connectivity index (χ2n) is 5.85.